The third-order valence-corrected chi connectivity index (χ3v) is 5.49. The fourth-order valence-electron chi connectivity index (χ4n) is 2.59. The van der Waals surface area contributed by atoms with Crippen molar-refractivity contribution >= 4 is 21.4 Å². The molecule has 0 saturated carbocycles. The van der Waals surface area contributed by atoms with E-state index in [0.717, 1.165) is 19.3 Å². The molecule has 20 heavy (non-hydrogen) atoms. The molecular weight excluding hydrogens is 276 g/mol. The van der Waals surface area contributed by atoms with Gasteiger partial charge in [-0.05, 0) is 31.4 Å². The fourth-order valence-corrected chi connectivity index (χ4v) is 4.07. The summed E-state index contributed by atoms with van der Waals surface area (Å²) < 4.78 is 25.1. The Kier molecular flexibility index (Phi) is 3.25. The van der Waals surface area contributed by atoms with Gasteiger partial charge in [-0.25, -0.2) is 8.42 Å². The molecule has 1 aromatic carbocycles. The highest BCUT2D eigenvalue weighted by molar-refractivity contribution is 7.96. The Hall–Kier alpha value is -1.82. The molecule has 0 spiro atoms. The number of carbonyl (C=O) groups excluding carboxylic acids is 1. The van der Waals surface area contributed by atoms with Gasteiger partial charge in [0.25, 0.3) is 5.91 Å². The van der Waals surface area contributed by atoms with Gasteiger partial charge in [-0.15, -0.1) is 0 Å². The first-order chi connectivity index (χ1) is 9.60. The summed E-state index contributed by atoms with van der Waals surface area (Å²) in [5.41, 5.74) is 0.516. The number of anilines is 1. The predicted molar refractivity (Wildman–Crippen MR) is 75.8 cm³/mol. The van der Waals surface area contributed by atoms with Gasteiger partial charge in [-0.1, -0.05) is 12.1 Å². The number of piperidine rings is 1. The van der Waals surface area contributed by atoms with E-state index in [4.69, 9.17) is 0 Å². The summed E-state index contributed by atoms with van der Waals surface area (Å²) in [4.78, 5) is 14.1. The van der Waals surface area contributed by atoms with Crippen LogP contribution in [0.4, 0.5) is 5.69 Å². The lowest BCUT2D eigenvalue weighted by atomic mass is 10.1. The summed E-state index contributed by atoms with van der Waals surface area (Å²) in [6.07, 6.45) is 4.28. The number of sulfone groups is 1. The van der Waals surface area contributed by atoms with Crippen LogP contribution in [0.25, 0.3) is 0 Å². The van der Waals surface area contributed by atoms with Gasteiger partial charge in [0.15, 0.2) is 4.91 Å². The first kappa shape index (κ1) is 13.2. The van der Waals surface area contributed by atoms with Gasteiger partial charge in [0.2, 0.25) is 9.84 Å². The summed E-state index contributed by atoms with van der Waals surface area (Å²) in [5, 5.41) is 2.90. The van der Waals surface area contributed by atoms with Crippen LogP contribution in [0.2, 0.25) is 0 Å². The molecule has 1 amide bonds. The molecule has 1 aromatic rings. The minimum atomic E-state index is -3.72. The smallest absolute Gasteiger partial charge is 0.267 e. The Morgan fingerprint density at radius 1 is 1.10 bits per heavy atom. The van der Waals surface area contributed by atoms with Crippen molar-refractivity contribution in [3.05, 3.63) is 35.4 Å². The third-order valence-electron chi connectivity index (χ3n) is 3.68. The van der Waals surface area contributed by atoms with E-state index in [0.29, 0.717) is 18.8 Å². The number of hydrogen-bond acceptors (Lipinski definition) is 4. The molecule has 5 nitrogen and oxygen atoms in total. The quantitative estimate of drug-likeness (QED) is 0.856. The van der Waals surface area contributed by atoms with Crippen LogP contribution in [0.1, 0.15) is 19.3 Å². The number of nitrogens with one attached hydrogen (secondary N) is 1. The standard InChI is InChI=1S/C14H16N2O3S/c17-14(16-8-4-1-5-9-16)13-10-15-11-6-2-3-7-12(11)20(13,18)19/h2-3,6-7,10,15H,1,4-5,8-9H2. The minimum absolute atomic E-state index is 0.155. The maximum Gasteiger partial charge on any atom is 0.267 e. The summed E-state index contributed by atoms with van der Waals surface area (Å²) in [6.45, 7) is 1.26. The van der Waals surface area contributed by atoms with E-state index in [1.165, 1.54) is 12.3 Å². The molecule has 0 unspecified atom stereocenters. The van der Waals surface area contributed by atoms with Gasteiger partial charge in [-0.2, -0.15) is 0 Å². The number of fused-ring (bicyclic) bond motifs is 1. The highest BCUT2D eigenvalue weighted by Crippen LogP contribution is 2.32. The molecule has 0 atom stereocenters. The number of hydrogen-bond donors (Lipinski definition) is 1. The lowest BCUT2D eigenvalue weighted by Gasteiger charge is -2.28. The summed E-state index contributed by atoms with van der Waals surface area (Å²) >= 11 is 0. The second kappa shape index (κ2) is 4.94. The second-order valence-electron chi connectivity index (χ2n) is 5.01. The van der Waals surface area contributed by atoms with Gasteiger partial charge in [-0.3, -0.25) is 4.79 Å². The molecule has 3 rings (SSSR count). The maximum atomic E-state index is 12.5. The zero-order chi connectivity index (χ0) is 14.2. The topological polar surface area (TPSA) is 66.5 Å². The van der Waals surface area contributed by atoms with Crippen LogP contribution in [0, 0.1) is 0 Å². The van der Waals surface area contributed by atoms with Crippen molar-refractivity contribution in [2.45, 2.75) is 24.2 Å². The predicted octanol–water partition coefficient (Wildman–Crippen LogP) is 1.74. The monoisotopic (exact) mass is 292 g/mol. The molecule has 2 aliphatic rings. The first-order valence-electron chi connectivity index (χ1n) is 6.71. The molecule has 2 aliphatic heterocycles. The number of para-hydroxylation sites is 1. The Labute approximate surface area is 118 Å². The second-order valence-corrected chi connectivity index (χ2v) is 6.89. The van der Waals surface area contributed by atoms with Crippen molar-refractivity contribution < 1.29 is 13.2 Å². The van der Waals surface area contributed by atoms with E-state index >= 15 is 0 Å². The highest BCUT2D eigenvalue weighted by atomic mass is 32.2. The minimum Gasteiger partial charge on any atom is -0.359 e. The zero-order valence-corrected chi connectivity index (χ0v) is 11.8. The highest BCUT2D eigenvalue weighted by Gasteiger charge is 2.34. The molecule has 0 aliphatic carbocycles. The maximum absolute atomic E-state index is 12.5. The van der Waals surface area contributed by atoms with Gasteiger partial charge in [0.1, 0.15) is 0 Å². The number of rotatable bonds is 1. The first-order valence-corrected chi connectivity index (χ1v) is 8.19. The molecule has 1 N–H and O–H groups in total. The molecule has 0 radical (unpaired) electrons. The fraction of sp³-hybridized carbons (Fsp3) is 0.357. The average molecular weight is 292 g/mol. The van der Waals surface area contributed by atoms with Crippen LogP contribution in [0.15, 0.2) is 40.3 Å². The van der Waals surface area contributed by atoms with Crippen molar-refractivity contribution in [1.82, 2.24) is 4.90 Å². The largest absolute Gasteiger partial charge is 0.359 e. The Morgan fingerprint density at radius 3 is 2.55 bits per heavy atom. The van der Waals surface area contributed by atoms with Gasteiger partial charge >= 0.3 is 0 Å². The van der Waals surface area contributed by atoms with Crippen LogP contribution in [0.3, 0.4) is 0 Å². The molecule has 106 valence electrons. The zero-order valence-electron chi connectivity index (χ0n) is 11.0. The summed E-state index contributed by atoms with van der Waals surface area (Å²) in [5.74, 6) is -0.397. The molecule has 6 heteroatoms. The van der Waals surface area contributed by atoms with E-state index in [1.807, 2.05) is 0 Å². The molecule has 1 fully saturated rings. The summed E-state index contributed by atoms with van der Waals surface area (Å²) in [6, 6.07) is 6.62. The van der Waals surface area contributed by atoms with Crippen molar-refractivity contribution in [1.29, 1.82) is 0 Å². The van der Waals surface area contributed by atoms with E-state index in [-0.39, 0.29) is 9.80 Å². The summed E-state index contributed by atoms with van der Waals surface area (Å²) in [7, 11) is -3.72. The van der Waals surface area contributed by atoms with E-state index in [9.17, 15) is 13.2 Å². The Morgan fingerprint density at radius 2 is 1.80 bits per heavy atom. The van der Waals surface area contributed by atoms with Crippen molar-refractivity contribution in [2.75, 3.05) is 18.4 Å². The normalized spacial score (nSPS) is 20.6. The van der Waals surface area contributed by atoms with E-state index in [2.05, 4.69) is 5.32 Å². The Bertz CT molecular complexity index is 673. The van der Waals surface area contributed by atoms with Gasteiger partial charge in [0, 0.05) is 19.3 Å². The van der Waals surface area contributed by atoms with Gasteiger partial charge in [0.05, 0.1) is 10.6 Å². The Balaban J connectivity index is 1.96. The van der Waals surface area contributed by atoms with Crippen molar-refractivity contribution in [2.24, 2.45) is 0 Å². The number of nitrogens with zero attached hydrogens (tertiary/aromatic N) is 1. The molecule has 2 heterocycles. The van der Waals surface area contributed by atoms with Crippen LogP contribution < -0.4 is 5.32 Å². The van der Waals surface area contributed by atoms with Crippen molar-refractivity contribution in [3.63, 3.8) is 0 Å². The average Bonchev–Trinajstić information content (AvgIpc) is 2.48. The van der Waals surface area contributed by atoms with Crippen LogP contribution in [-0.4, -0.2) is 32.3 Å². The third kappa shape index (κ3) is 2.10. The number of benzene rings is 1. The van der Waals surface area contributed by atoms with E-state index < -0.39 is 15.7 Å². The van der Waals surface area contributed by atoms with E-state index in [1.54, 1.807) is 23.1 Å². The molecule has 1 saturated heterocycles. The van der Waals surface area contributed by atoms with Crippen LogP contribution in [-0.2, 0) is 14.6 Å². The van der Waals surface area contributed by atoms with Crippen LogP contribution in [0.5, 0.6) is 0 Å². The number of amides is 1. The van der Waals surface area contributed by atoms with Gasteiger partial charge < -0.3 is 10.2 Å². The molecular formula is C14H16N2O3S. The number of carbonyl (C=O) groups is 1. The lowest BCUT2D eigenvalue weighted by molar-refractivity contribution is -0.127. The van der Waals surface area contributed by atoms with Crippen LogP contribution >= 0.6 is 0 Å². The van der Waals surface area contributed by atoms with Crippen molar-refractivity contribution in [3.8, 4) is 0 Å². The molecule has 0 aromatic heterocycles. The SMILES string of the molecule is O=C(C1=CNc2ccccc2S1(=O)=O)N1CCCCC1. The number of likely N-dealkylation sites (tertiary alicyclic amines) is 1. The lowest BCUT2D eigenvalue weighted by Crippen LogP contribution is -2.39. The molecule has 0 bridgehead atoms.